The predicted octanol–water partition coefficient (Wildman–Crippen LogP) is 0.131. The van der Waals surface area contributed by atoms with Gasteiger partial charge >= 0.3 is 0 Å². The maximum Gasteiger partial charge on any atom is 0.250 e. The minimum atomic E-state index is -1.29. The van der Waals surface area contributed by atoms with Crippen LogP contribution in [0.4, 0.5) is 0 Å². The van der Waals surface area contributed by atoms with Gasteiger partial charge in [0.1, 0.15) is 6.10 Å². The summed E-state index contributed by atoms with van der Waals surface area (Å²) in [5, 5.41) is 16.8. The van der Waals surface area contributed by atoms with Gasteiger partial charge in [0.25, 0.3) is 5.24 Å². The first-order valence-corrected chi connectivity index (χ1v) is 3.28. The Hall–Kier alpha value is -0.120. The van der Waals surface area contributed by atoms with E-state index in [4.69, 9.17) is 21.8 Å². The molecule has 0 fully saturated rings. The van der Waals surface area contributed by atoms with Crippen LogP contribution in [-0.2, 0) is 4.79 Å². The fraction of sp³-hybridized carbons (Fsp3) is 0.833. The third kappa shape index (κ3) is 2.25. The van der Waals surface area contributed by atoms with Gasteiger partial charge in [-0.25, -0.2) is 0 Å². The standard InChI is InChI=1S/C6H11ClO3/c1-6(2,3-8)4(9)5(7)10/h4,8-9H,3H2,1-2H3. The molecule has 0 amide bonds. The number of carbonyl (C=O) groups excluding carboxylic acids is 1. The summed E-state index contributed by atoms with van der Waals surface area (Å²) in [5.41, 5.74) is -0.848. The van der Waals surface area contributed by atoms with Crippen LogP contribution >= 0.6 is 11.6 Å². The number of aliphatic hydroxyl groups excluding tert-OH is 2. The number of rotatable bonds is 3. The zero-order chi connectivity index (χ0) is 8.36. The number of hydrogen-bond acceptors (Lipinski definition) is 3. The predicted molar refractivity (Wildman–Crippen MR) is 37.7 cm³/mol. The van der Waals surface area contributed by atoms with Gasteiger partial charge in [-0.1, -0.05) is 13.8 Å². The third-order valence-corrected chi connectivity index (χ3v) is 1.57. The Kier molecular flexibility index (Phi) is 3.28. The second kappa shape index (κ2) is 3.32. The average molecular weight is 167 g/mol. The highest BCUT2D eigenvalue weighted by atomic mass is 35.5. The van der Waals surface area contributed by atoms with Crippen LogP contribution in [0.2, 0.25) is 0 Å². The van der Waals surface area contributed by atoms with E-state index in [0.29, 0.717) is 0 Å². The van der Waals surface area contributed by atoms with Gasteiger partial charge in [0.15, 0.2) is 0 Å². The monoisotopic (exact) mass is 166 g/mol. The van der Waals surface area contributed by atoms with Gasteiger partial charge < -0.3 is 10.2 Å². The Labute approximate surface area is 64.6 Å². The highest BCUT2D eigenvalue weighted by molar-refractivity contribution is 6.64. The lowest BCUT2D eigenvalue weighted by Crippen LogP contribution is -2.36. The number of halogens is 1. The first kappa shape index (κ1) is 9.88. The molecular weight excluding hydrogens is 156 g/mol. The molecule has 0 heterocycles. The largest absolute Gasteiger partial charge is 0.396 e. The molecule has 0 rings (SSSR count). The van der Waals surface area contributed by atoms with Crippen LogP contribution in [0, 0.1) is 5.41 Å². The Morgan fingerprint density at radius 3 is 2.20 bits per heavy atom. The van der Waals surface area contributed by atoms with Crippen molar-refractivity contribution in [2.24, 2.45) is 5.41 Å². The molecule has 3 nitrogen and oxygen atoms in total. The van der Waals surface area contributed by atoms with Crippen molar-refractivity contribution in [2.75, 3.05) is 6.61 Å². The van der Waals surface area contributed by atoms with E-state index in [0.717, 1.165) is 0 Å². The van der Waals surface area contributed by atoms with Crippen molar-refractivity contribution < 1.29 is 15.0 Å². The summed E-state index contributed by atoms with van der Waals surface area (Å²) < 4.78 is 0. The zero-order valence-corrected chi connectivity index (χ0v) is 6.72. The fourth-order valence-corrected chi connectivity index (χ4v) is 0.689. The van der Waals surface area contributed by atoms with Gasteiger partial charge in [0, 0.05) is 5.41 Å². The highest BCUT2D eigenvalue weighted by Gasteiger charge is 2.31. The Morgan fingerprint density at radius 2 is 2.10 bits per heavy atom. The minimum absolute atomic E-state index is 0.271. The van der Waals surface area contributed by atoms with Gasteiger partial charge in [0.05, 0.1) is 6.61 Å². The van der Waals surface area contributed by atoms with Crippen LogP contribution in [0.25, 0.3) is 0 Å². The second-order valence-electron chi connectivity index (χ2n) is 2.85. The van der Waals surface area contributed by atoms with Crippen molar-refractivity contribution in [1.29, 1.82) is 0 Å². The number of carbonyl (C=O) groups is 1. The Morgan fingerprint density at radius 1 is 1.70 bits per heavy atom. The van der Waals surface area contributed by atoms with Crippen molar-refractivity contribution in [3.05, 3.63) is 0 Å². The van der Waals surface area contributed by atoms with Gasteiger partial charge in [-0.05, 0) is 11.6 Å². The molecule has 0 aliphatic carbocycles. The summed E-state index contributed by atoms with van der Waals surface area (Å²) in [5.74, 6) is 0. The SMILES string of the molecule is CC(C)(CO)C(O)C(=O)Cl. The molecule has 0 aromatic carbocycles. The maximum atomic E-state index is 10.4. The molecule has 0 saturated heterocycles. The summed E-state index contributed by atoms with van der Waals surface area (Å²) in [7, 11) is 0. The number of hydrogen-bond donors (Lipinski definition) is 2. The Bertz CT molecular complexity index is 133. The fourth-order valence-electron chi connectivity index (χ4n) is 0.394. The van der Waals surface area contributed by atoms with Gasteiger partial charge in [-0.3, -0.25) is 4.79 Å². The highest BCUT2D eigenvalue weighted by Crippen LogP contribution is 2.20. The van der Waals surface area contributed by atoms with E-state index in [1.54, 1.807) is 13.8 Å². The van der Waals surface area contributed by atoms with E-state index in [9.17, 15) is 4.79 Å². The van der Waals surface area contributed by atoms with E-state index < -0.39 is 16.8 Å². The molecule has 0 bridgehead atoms. The molecule has 0 aliphatic heterocycles. The molecule has 4 heteroatoms. The van der Waals surface area contributed by atoms with E-state index in [-0.39, 0.29) is 6.61 Å². The average Bonchev–Trinajstić information content (AvgIpc) is 1.86. The van der Waals surface area contributed by atoms with Crippen molar-refractivity contribution in [2.45, 2.75) is 20.0 Å². The second-order valence-corrected chi connectivity index (χ2v) is 3.23. The summed E-state index contributed by atoms with van der Waals surface area (Å²) in [6.07, 6.45) is -1.29. The van der Waals surface area contributed by atoms with Crippen LogP contribution in [0.15, 0.2) is 0 Å². The molecule has 0 aliphatic rings. The van der Waals surface area contributed by atoms with Crippen molar-refractivity contribution in [1.82, 2.24) is 0 Å². The van der Waals surface area contributed by atoms with Gasteiger partial charge in [-0.15, -0.1) is 0 Å². The molecule has 1 unspecified atom stereocenters. The molecule has 1 atom stereocenters. The van der Waals surface area contributed by atoms with Gasteiger partial charge in [0.2, 0.25) is 0 Å². The lowest BCUT2D eigenvalue weighted by molar-refractivity contribution is -0.126. The quantitative estimate of drug-likeness (QED) is 0.586. The van der Waals surface area contributed by atoms with Crippen LogP contribution < -0.4 is 0 Å². The smallest absolute Gasteiger partial charge is 0.250 e. The lowest BCUT2D eigenvalue weighted by Gasteiger charge is -2.24. The Balaban J connectivity index is 4.17. The van der Waals surface area contributed by atoms with Crippen LogP contribution in [-0.4, -0.2) is 28.2 Å². The maximum absolute atomic E-state index is 10.4. The van der Waals surface area contributed by atoms with Gasteiger partial charge in [-0.2, -0.15) is 0 Å². The van der Waals surface area contributed by atoms with E-state index in [1.807, 2.05) is 0 Å². The zero-order valence-electron chi connectivity index (χ0n) is 5.97. The first-order valence-electron chi connectivity index (χ1n) is 2.90. The van der Waals surface area contributed by atoms with Crippen LogP contribution in [0.1, 0.15) is 13.8 Å². The molecule has 0 aromatic rings. The first-order chi connectivity index (χ1) is 4.41. The molecule has 0 aromatic heterocycles. The van der Waals surface area contributed by atoms with Crippen LogP contribution in [0.5, 0.6) is 0 Å². The topological polar surface area (TPSA) is 57.5 Å². The molecule has 0 saturated carbocycles. The normalized spacial score (nSPS) is 14.9. The van der Waals surface area contributed by atoms with Crippen LogP contribution in [0.3, 0.4) is 0 Å². The number of aliphatic hydroxyl groups is 2. The summed E-state index contributed by atoms with van der Waals surface area (Å²) in [4.78, 5) is 10.4. The van der Waals surface area contributed by atoms with Crippen molar-refractivity contribution >= 4 is 16.8 Å². The van der Waals surface area contributed by atoms with E-state index in [2.05, 4.69) is 0 Å². The van der Waals surface area contributed by atoms with E-state index in [1.165, 1.54) is 0 Å². The molecule has 2 N–H and O–H groups in total. The molecule has 10 heavy (non-hydrogen) atoms. The molecule has 0 radical (unpaired) electrons. The minimum Gasteiger partial charge on any atom is -0.396 e. The molecule has 0 spiro atoms. The summed E-state index contributed by atoms with van der Waals surface area (Å²) >= 11 is 4.99. The van der Waals surface area contributed by atoms with Crippen molar-refractivity contribution in [3.63, 3.8) is 0 Å². The molecular formula is C6H11ClO3. The lowest BCUT2D eigenvalue weighted by atomic mass is 9.88. The summed E-state index contributed by atoms with van der Waals surface area (Å²) in [6.45, 7) is 2.84. The van der Waals surface area contributed by atoms with E-state index >= 15 is 0 Å². The third-order valence-electron chi connectivity index (χ3n) is 1.36. The summed E-state index contributed by atoms with van der Waals surface area (Å²) in [6, 6.07) is 0. The molecule has 60 valence electrons. The van der Waals surface area contributed by atoms with Crippen molar-refractivity contribution in [3.8, 4) is 0 Å².